The summed E-state index contributed by atoms with van der Waals surface area (Å²) >= 11 is 1.49. The summed E-state index contributed by atoms with van der Waals surface area (Å²) in [6, 6.07) is 6.94. The predicted octanol–water partition coefficient (Wildman–Crippen LogP) is 3.57. The number of hydrogen-bond acceptors (Lipinski definition) is 5. The van der Waals surface area contributed by atoms with Gasteiger partial charge in [-0.15, -0.1) is 0 Å². The van der Waals surface area contributed by atoms with Crippen LogP contribution in [0.4, 0.5) is 5.69 Å². The second-order valence-electron chi connectivity index (χ2n) is 6.09. The zero-order valence-corrected chi connectivity index (χ0v) is 16.2. The summed E-state index contributed by atoms with van der Waals surface area (Å²) in [5.74, 6) is -1.64. The van der Waals surface area contributed by atoms with Gasteiger partial charge in [0.05, 0.1) is 5.92 Å². The van der Waals surface area contributed by atoms with Crippen LogP contribution >= 0.6 is 11.8 Å². The number of aromatic nitrogens is 2. The van der Waals surface area contributed by atoms with Gasteiger partial charge in [-0.1, -0.05) is 23.9 Å². The van der Waals surface area contributed by atoms with E-state index in [2.05, 4.69) is 15.3 Å². The first-order chi connectivity index (χ1) is 12.3. The second-order valence-corrected chi connectivity index (χ2v) is 6.87. The van der Waals surface area contributed by atoms with E-state index in [9.17, 15) is 9.59 Å². The lowest BCUT2D eigenvalue weighted by molar-refractivity contribution is -0.138. The van der Waals surface area contributed by atoms with Crippen molar-refractivity contribution in [3.63, 3.8) is 0 Å². The topological polar surface area (TPSA) is 92.2 Å². The van der Waals surface area contributed by atoms with Crippen LogP contribution in [0.15, 0.2) is 29.4 Å². The molecule has 0 aliphatic carbocycles. The first-order valence-electron chi connectivity index (χ1n) is 8.32. The average molecular weight is 373 g/mol. The van der Waals surface area contributed by atoms with Gasteiger partial charge in [0, 0.05) is 23.5 Å². The molecule has 1 aromatic carbocycles. The number of carboxylic acids is 1. The molecule has 138 valence electrons. The maximum Gasteiger partial charge on any atom is 0.310 e. The number of carbonyl (C=O) groups excluding carboxylic acids is 1. The minimum atomic E-state index is -0.895. The fourth-order valence-corrected chi connectivity index (χ4v) is 3.11. The molecule has 0 saturated heterocycles. The molecule has 2 rings (SSSR count). The molecule has 0 aliphatic heterocycles. The van der Waals surface area contributed by atoms with Crippen molar-refractivity contribution in [2.24, 2.45) is 0 Å². The molecule has 0 spiro atoms. The highest BCUT2D eigenvalue weighted by Crippen LogP contribution is 2.20. The summed E-state index contributed by atoms with van der Waals surface area (Å²) in [6.07, 6.45) is 2.80. The Balaban J connectivity index is 2.02. The molecular formula is C19H23N3O3S. The van der Waals surface area contributed by atoms with Crippen LogP contribution in [-0.4, -0.2) is 33.2 Å². The van der Waals surface area contributed by atoms with Gasteiger partial charge in [-0.2, -0.15) is 0 Å². The fraction of sp³-hybridized carbons (Fsp3) is 0.368. The number of hydrogen-bond donors (Lipinski definition) is 2. The van der Waals surface area contributed by atoms with Crippen molar-refractivity contribution in [1.29, 1.82) is 0 Å². The van der Waals surface area contributed by atoms with Crippen LogP contribution in [-0.2, 0) is 16.0 Å². The van der Waals surface area contributed by atoms with Crippen LogP contribution in [0.5, 0.6) is 0 Å². The summed E-state index contributed by atoms with van der Waals surface area (Å²) in [5.41, 5.74) is 4.04. The maximum atomic E-state index is 12.3. The Kier molecular flexibility index (Phi) is 6.74. The van der Waals surface area contributed by atoms with E-state index in [4.69, 9.17) is 5.11 Å². The van der Waals surface area contributed by atoms with E-state index < -0.39 is 11.9 Å². The molecule has 7 heteroatoms. The molecule has 26 heavy (non-hydrogen) atoms. The molecular weight excluding hydrogens is 350 g/mol. The van der Waals surface area contributed by atoms with Gasteiger partial charge in [0.2, 0.25) is 5.91 Å². The van der Waals surface area contributed by atoms with Gasteiger partial charge in [0.25, 0.3) is 0 Å². The Hall–Kier alpha value is -2.41. The van der Waals surface area contributed by atoms with Crippen LogP contribution < -0.4 is 5.32 Å². The second kappa shape index (κ2) is 8.80. The molecule has 0 bridgehead atoms. The van der Waals surface area contributed by atoms with Crippen molar-refractivity contribution in [2.75, 3.05) is 11.6 Å². The van der Waals surface area contributed by atoms with Crippen molar-refractivity contribution < 1.29 is 14.7 Å². The van der Waals surface area contributed by atoms with E-state index in [1.165, 1.54) is 11.8 Å². The molecule has 0 aliphatic rings. The van der Waals surface area contributed by atoms with Crippen LogP contribution in [0.1, 0.15) is 41.8 Å². The minimum Gasteiger partial charge on any atom is -0.481 e. The molecule has 0 fully saturated rings. The number of carboxylic acid groups (broad SMARTS) is 1. The summed E-state index contributed by atoms with van der Waals surface area (Å²) in [4.78, 5) is 32.2. The zero-order valence-electron chi connectivity index (χ0n) is 15.4. The predicted molar refractivity (Wildman–Crippen MR) is 103 cm³/mol. The first-order valence-corrected chi connectivity index (χ1v) is 9.55. The number of benzene rings is 1. The molecule has 2 aromatic rings. The van der Waals surface area contributed by atoms with Crippen LogP contribution in [0, 0.1) is 13.8 Å². The Labute approximate surface area is 157 Å². The maximum absolute atomic E-state index is 12.3. The van der Waals surface area contributed by atoms with E-state index in [0.29, 0.717) is 24.1 Å². The Morgan fingerprint density at radius 1 is 1.23 bits per heavy atom. The van der Waals surface area contributed by atoms with Crippen molar-refractivity contribution in [1.82, 2.24) is 9.97 Å². The zero-order chi connectivity index (χ0) is 19.3. The fourth-order valence-electron chi connectivity index (χ4n) is 2.65. The molecule has 1 amide bonds. The molecule has 0 radical (unpaired) electrons. The number of aryl methyl sites for hydroxylation is 2. The number of carbonyl (C=O) groups is 2. The summed E-state index contributed by atoms with van der Waals surface area (Å²) in [5, 5.41) is 12.7. The van der Waals surface area contributed by atoms with Crippen molar-refractivity contribution in [2.45, 2.75) is 44.7 Å². The lowest BCUT2D eigenvalue weighted by atomic mass is 10.0. The van der Waals surface area contributed by atoms with Gasteiger partial charge < -0.3 is 10.4 Å². The van der Waals surface area contributed by atoms with Gasteiger partial charge >= 0.3 is 5.97 Å². The number of nitrogens with zero attached hydrogens (tertiary/aromatic N) is 2. The number of nitrogens with one attached hydrogen (secondary N) is 1. The van der Waals surface area contributed by atoms with Crippen LogP contribution in [0.3, 0.4) is 0 Å². The minimum absolute atomic E-state index is 0.127. The lowest BCUT2D eigenvalue weighted by Crippen LogP contribution is -2.14. The van der Waals surface area contributed by atoms with Crippen molar-refractivity contribution in [3.05, 3.63) is 46.8 Å². The molecule has 1 aromatic heterocycles. The van der Waals surface area contributed by atoms with E-state index in [1.54, 1.807) is 31.2 Å². The van der Waals surface area contributed by atoms with Gasteiger partial charge in [0.15, 0.2) is 5.16 Å². The SMILES string of the molecule is CSc1nc(C)c(CCC(=O)Nc2cccc(C(C)C(=O)O)c2)c(C)n1. The number of aliphatic carboxylic acids is 1. The summed E-state index contributed by atoms with van der Waals surface area (Å²) in [7, 11) is 0. The number of rotatable bonds is 7. The standard InChI is InChI=1S/C19H23N3O3S/c1-11(18(24)25)14-6-5-7-15(10-14)22-17(23)9-8-16-12(2)20-19(26-4)21-13(16)3/h5-7,10-11H,8-9H2,1-4H3,(H,22,23)(H,24,25). The third-order valence-electron chi connectivity index (χ3n) is 4.23. The van der Waals surface area contributed by atoms with Gasteiger partial charge in [-0.25, -0.2) is 9.97 Å². The summed E-state index contributed by atoms with van der Waals surface area (Å²) in [6.45, 7) is 5.48. The Morgan fingerprint density at radius 2 is 1.88 bits per heavy atom. The number of thioether (sulfide) groups is 1. The third kappa shape index (κ3) is 5.05. The molecule has 6 nitrogen and oxygen atoms in total. The molecule has 1 heterocycles. The van der Waals surface area contributed by atoms with E-state index >= 15 is 0 Å². The van der Waals surface area contributed by atoms with Gasteiger partial charge in [-0.3, -0.25) is 9.59 Å². The summed E-state index contributed by atoms with van der Waals surface area (Å²) < 4.78 is 0. The number of anilines is 1. The highest BCUT2D eigenvalue weighted by Gasteiger charge is 2.15. The normalized spacial score (nSPS) is 11.8. The third-order valence-corrected chi connectivity index (χ3v) is 4.77. The smallest absolute Gasteiger partial charge is 0.310 e. The monoisotopic (exact) mass is 373 g/mol. The van der Waals surface area contributed by atoms with Gasteiger partial charge in [0.1, 0.15) is 0 Å². The quantitative estimate of drug-likeness (QED) is 0.569. The van der Waals surface area contributed by atoms with Gasteiger partial charge in [-0.05, 0) is 56.7 Å². The number of amides is 1. The van der Waals surface area contributed by atoms with Crippen LogP contribution in [0.25, 0.3) is 0 Å². The largest absolute Gasteiger partial charge is 0.481 e. The van der Waals surface area contributed by atoms with E-state index in [-0.39, 0.29) is 5.91 Å². The van der Waals surface area contributed by atoms with Crippen LogP contribution in [0.2, 0.25) is 0 Å². The van der Waals surface area contributed by atoms with Crippen molar-refractivity contribution in [3.8, 4) is 0 Å². The van der Waals surface area contributed by atoms with Crippen molar-refractivity contribution >= 4 is 29.3 Å². The molecule has 0 saturated carbocycles. The first kappa shape index (κ1) is 19.9. The van der Waals surface area contributed by atoms with E-state index in [0.717, 1.165) is 22.1 Å². The Bertz CT molecular complexity index is 800. The molecule has 2 N–H and O–H groups in total. The molecule has 1 atom stereocenters. The molecule has 1 unspecified atom stereocenters. The lowest BCUT2D eigenvalue weighted by Gasteiger charge is -2.12. The highest BCUT2D eigenvalue weighted by atomic mass is 32.2. The Morgan fingerprint density at radius 3 is 2.46 bits per heavy atom. The average Bonchev–Trinajstić information content (AvgIpc) is 2.60. The highest BCUT2D eigenvalue weighted by molar-refractivity contribution is 7.98. The van der Waals surface area contributed by atoms with E-state index in [1.807, 2.05) is 20.1 Å².